The molecule has 1 heterocycles. The van der Waals surface area contributed by atoms with E-state index < -0.39 is 6.98 Å². The number of rotatable bonds is 2. The van der Waals surface area contributed by atoms with Crippen molar-refractivity contribution in [3.05, 3.63) is 23.9 Å². The lowest BCUT2D eigenvalue weighted by molar-refractivity contribution is 0.652. The maximum Gasteiger partial charge on any atom is 0.128 e. The van der Waals surface area contributed by atoms with Crippen LogP contribution in [0.25, 0.3) is 0 Å². The second kappa shape index (κ2) is 3.34. The molecular formula is C8H13N3. The lowest BCUT2D eigenvalue weighted by atomic mass is 10.1. The van der Waals surface area contributed by atoms with Gasteiger partial charge in [-0.3, -0.25) is 0 Å². The van der Waals surface area contributed by atoms with E-state index in [1.807, 2.05) is 0 Å². The van der Waals surface area contributed by atoms with Crippen molar-refractivity contribution in [3.63, 3.8) is 0 Å². The van der Waals surface area contributed by atoms with Gasteiger partial charge in [-0.25, -0.2) is 4.98 Å². The van der Waals surface area contributed by atoms with Crippen molar-refractivity contribution >= 4 is 5.82 Å². The van der Waals surface area contributed by atoms with E-state index in [1.165, 1.54) is 0 Å². The minimum absolute atomic E-state index is 0.337. The van der Waals surface area contributed by atoms with E-state index in [9.17, 15) is 0 Å². The van der Waals surface area contributed by atoms with Crippen LogP contribution in [0.2, 0.25) is 0 Å². The Morgan fingerprint density at radius 3 is 3.27 bits per heavy atom. The summed E-state index contributed by atoms with van der Waals surface area (Å²) in [6.07, 6.45) is 1.57. The standard InChI is InChI=1S/C8H13N3/c1-6(10-2)7-4-3-5-11-8(7)9/h3-6,10H,1-2H3,(H2,9,11)/t6-/m1/s1/i2D3. The molecule has 1 aromatic heterocycles. The summed E-state index contributed by atoms with van der Waals surface area (Å²) >= 11 is 0. The largest absolute Gasteiger partial charge is 0.383 e. The number of aromatic nitrogens is 1. The average molecular weight is 154 g/mol. The van der Waals surface area contributed by atoms with Crippen LogP contribution >= 0.6 is 0 Å². The summed E-state index contributed by atoms with van der Waals surface area (Å²) < 4.78 is 21.1. The molecule has 0 spiro atoms. The smallest absolute Gasteiger partial charge is 0.128 e. The van der Waals surface area contributed by atoms with Gasteiger partial charge in [-0.15, -0.1) is 0 Å². The van der Waals surface area contributed by atoms with Gasteiger partial charge in [0, 0.05) is 21.9 Å². The minimum atomic E-state index is -2.16. The fourth-order valence-electron chi connectivity index (χ4n) is 0.874. The first-order valence-electron chi connectivity index (χ1n) is 4.88. The molecule has 0 unspecified atom stereocenters. The number of nitrogens with two attached hydrogens (primary N) is 1. The molecule has 1 rings (SSSR count). The monoisotopic (exact) mass is 154 g/mol. The highest BCUT2D eigenvalue weighted by molar-refractivity contribution is 5.40. The SMILES string of the molecule is [2H]C([2H])([2H])N[C@H](C)c1cccnc1N. The van der Waals surface area contributed by atoms with Gasteiger partial charge < -0.3 is 11.1 Å². The summed E-state index contributed by atoms with van der Waals surface area (Å²) in [5, 5.41) is 2.46. The molecule has 0 aromatic carbocycles. The van der Waals surface area contributed by atoms with Crippen LogP contribution in [-0.2, 0) is 0 Å². The molecule has 0 saturated heterocycles. The molecule has 3 heteroatoms. The Balaban J connectivity index is 2.80. The third kappa shape index (κ3) is 1.68. The van der Waals surface area contributed by atoms with Gasteiger partial charge in [0.1, 0.15) is 5.82 Å². The predicted molar refractivity (Wildman–Crippen MR) is 46.1 cm³/mol. The second-order valence-corrected chi connectivity index (χ2v) is 2.34. The number of hydrogen-bond donors (Lipinski definition) is 2. The summed E-state index contributed by atoms with van der Waals surface area (Å²) in [6, 6.07) is 3.14. The van der Waals surface area contributed by atoms with E-state index in [4.69, 9.17) is 9.85 Å². The fraction of sp³-hybridized carbons (Fsp3) is 0.375. The first-order chi connectivity index (χ1) is 6.40. The summed E-state index contributed by atoms with van der Waals surface area (Å²) in [5.41, 5.74) is 6.30. The van der Waals surface area contributed by atoms with Gasteiger partial charge in [0.2, 0.25) is 0 Å². The lowest BCUT2D eigenvalue weighted by Gasteiger charge is -2.11. The van der Waals surface area contributed by atoms with E-state index in [1.54, 1.807) is 25.3 Å². The van der Waals surface area contributed by atoms with Crippen LogP contribution in [0.15, 0.2) is 18.3 Å². The number of anilines is 1. The van der Waals surface area contributed by atoms with Crippen molar-refractivity contribution in [1.29, 1.82) is 0 Å². The van der Waals surface area contributed by atoms with Crippen molar-refractivity contribution < 1.29 is 4.11 Å². The maximum atomic E-state index is 7.04. The Morgan fingerprint density at radius 1 is 1.82 bits per heavy atom. The highest BCUT2D eigenvalue weighted by Gasteiger charge is 2.05. The normalized spacial score (nSPS) is 18.1. The summed E-state index contributed by atoms with van der Waals surface area (Å²) in [7, 11) is 0. The fourth-order valence-corrected chi connectivity index (χ4v) is 0.874. The third-order valence-corrected chi connectivity index (χ3v) is 1.55. The maximum absolute atomic E-state index is 7.04. The molecule has 60 valence electrons. The average Bonchev–Trinajstić information content (AvgIpc) is 2.01. The Morgan fingerprint density at radius 2 is 2.64 bits per heavy atom. The zero-order valence-corrected chi connectivity index (χ0v) is 6.33. The van der Waals surface area contributed by atoms with E-state index in [2.05, 4.69) is 10.3 Å². The number of nitrogens with zero attached hydrogens (tertiary/aromatic N) is 1. The summed E-state index contributed by atoms with van der Waals surface area (Å²) in [5.74, 6) is 0.358. The van der Waals surface area contributed by atoms with E-state index >= 15 is 0 Å². The van der Waals surface area contributed by atoms with E-state index in [0.29, 0.717) is 11.4 Å². The summed E-state index contributed by atoms with van der Waals surface area (Å²) in [4.78, 5) is 3.88. The molecule has 0 aliphatic heterocycles. The van der Waals surface area contributed by atoms with Gasteiger partial charge in [-0.05, 0) is 20.0 Å². The van der Waals surface area contributed by atoms with E-state index in [0.717, 1.165) is 0 Å². The third-order valence-electron chi connectivity index (χ3n) is 1.55. The van der Waals surface area contributed by atoms with Crippen molar-refractivity contribution in [1.82, 2.24) is 10.3 Å². The van der Waals surface area contributed by atoms with Gasteiger partial charge in [0.05, 0.1) is 0 Å². The Bertz CT molecular complexity index is 311. The molecule has 1 atom stereocenters. The zero-order valence-electron chi connectivity index (χ0n) is 9.33. The van der Waals surface area contributed by atoms with Crippen molar-refractivity contribution in [3.8, 4) is 0 Å². The number of hydrogen-bond acceptors (Lipinski definition) is 3. The molecule has 0 fully saturated rings. The first-order valence-corrected chi connectivity index (χ1v) is 3.38. The van der Waals surface area contributed by atoms with Crippen molar-refractivity contribution in [2.45, 2.75) is 13.0 Å². The van der Waals surface area contributed by atoms with Crippen LogP contribution in [0.1, 0.15) is 22.6 Å². The number of pyridine rings is 1. The molecule has 1 aromatic rings. The van der Waals surface area contributed by atoms with E-state index in [-0.39, 0.29) is 6.04 Å². The molecule has 0 aliphatic rings. The van der Waals surface area contributed by atoms with Gasteiger partial charge in [0.25, 0.3) is 0 Å². The zero-order chi connectivity index (χ0) is 10.8. The highest BCUT2D eigenvalue weighted by atomic mass is 14.9. The van der Waals surface area contributed by atoms with Gasteiger partial charge in [-0.1, -0.05) is 6.07 Å². The molecule has 0 saturated carbocycles. The van der Waals surface area contributed by atoms with Crippen LogP contribution < -0.4 is 11.1 Å². The number of nitrogen functional groups attached to an aromatic ring is 1. The van der Waals surface area contributed by atoms with Crippen molar-refractivity contribution in [2.24, 2.45) is 0 Å². The van der Waals surface area contributed by atoms with Crippen LogP contribution in [0.5, 0.6) is 0 Å². The molecule has 0 bridgehead atoms. The molecule has 0 aliphatic carbocycles. The molecular weight excluding hydrogens is 138 g/mol. The molecule has 0 radical (unpaired) electrons. The van der Waals surface area contributed by atoms with Crippen LogP contribution in [-0.4, -0.2) is 12.0 Å². The minimum Gasteiger partial charge on any atom is -0.383 e. The van der Waals surface area contributed by atoms with Gasteiger partial charge in [-0.2, -0.15) is 0 Å². The van der Waals surface area contributed by atoms with Gasteiger partial charge >= 0.3 is 0 Å². The predicted octanol–water partition coefficient (Wildman–Crippen LogP) is 0.944. The highest BCUT2D eigenvalue weighted by Crippen LogP contribution is 2.15. The second-order valence-electron chi connectivity index (χ2n) is 2.34. The lowest BCUT2D eigenvalue weighted by Crippen LogP contribution is -2.14. The number of nitrogens with one attached hydrogen (secondary N) is 1. The molecule has 3 nitrogen and oxygen atoms in total. The van der Waals surface area contributed by atoms with Crippen LogP contribution in [0.3, 0.4) is 0 Å². The summed E-state index contributed by atoms with van der Waals surface area (Å²) in [6.45, 7) is -0.429. The molecule has 3 N–H and O–H groups in total. The Kier molecular flexibility index (Phi) is 1.44. The van der Waals surface area contributed by atoms with Crippen LogP contribution in [0.4, 0.5) is 5.82 Å². The Hall–Kier alpha value is -1.09. The Labute approximate surface area is 70.9 Å². The molecule has 11 heavy (non-hydrogen) atoms. The van der Waals surface area contributed by atoms with Crippen molar-refractivity contribution in [2.75, 3.05) is 12.7 Å². The topological polar surface area (TPSA) is 50.9 Å². The molecule has 0 amide bonds. The van der Waals surface area contributed by atoms with Gasteiger partial charge in [0.15, 0.2) is 0 Å². The van der Waals surface area contributed by atoms with Crippen LogP contribution in [0, 0.1) is 0 Å². The quantitative estimate of drug-likeness (QED) is 0.666. The first kappa shape index (κ1) is 4.72.